The average molecular weight is 315 g/mol. The van der Waals surface area contributed by atoms with Crippen LogP contribution in [0.25, 0.3) is 0 Å². The summed E-state index contributed by atoms with van der Waals surface area (Å²) in [5.41, 5.74) is -1.31. The number of nitrogens with zero attached hydrogens (tertiary/aromatic N) is 2. The van der Waals surface area contributed by atoms with Crippen LogP contribution in [0.1, 0.15) is 13.8 Å². The Balaban J connectivity index is 2.09. The van der Waals surface area contributed by atoms with Crippen LogP contribution in [0.15, 0.2) is 28.2 Å². The van der Waals surface area contributed by atoms with E-state index in [-0.39, 0.29) is 4.90 Å². The van der Waals surface area contributed by atoms with Crippen LogP contribution in [0.4, 0.5) is 0 Å². The standard InChI is InChI=1S/C13H21N3O4S/c1-13(2,18)10-15-5-7-16(8-6-15)21(19,20)12-9-14-4-3-11(12)17/h3-4,9,18H,5-8,10H2,1-2H3,(H,14,17). The van der Waals surface area contributed by atoms with Gasteiger partial charge in [-0.3, -0.25) is 9.69 Å². The van der Waals surface area contributed by atoms with Crippen molar-refractivity contribution >= 4 is 10.0 Å². The minimum absolute atomic E-state index is 0.221. The molecule has 1 aromatic heterocycles. The summed E-state index contributed by atoms with van der Waals surface area (Å²) in [5, 5.41) is 9.79. The molecule has 1 saturated heterocycles. The molecule has 7 nitrogen and oxygen atoms in total. The number of pyridine rings is 1. The predicted octanol–water partition coefficient (Wildman–Crippen LogP) is -0.548. The van der Waals surface area contributed by atoms with Crippen molar-refractivity contribution in [2.75, 3.05) is 32.7 Å². The fourth-order valence-corrected chi connectivity index (χ4v) is 3.88. The molecular formula is C13H21N3O4S. The van der Waals surface area contributed by atoms with Crippen LogP contribution in [-0.4, -0.2) is 66.0 Å². The Labute approximate surface area is 124 Å². The first-order valence-electron chi connectivity index (χ1n) is 6.82. The number of aliphatic hydroxyl groups is 1. The summed E-state index contributed by atoms with van der Waals surface area (Å²) in [4.78, 5) is 16.1. The molecule has 0 radical (unpaired) electrons. The third kappa shape index (κ3) is 3.91. The topological polar surface area (TPSA) is 93.7 Å². The third-order valence-corrected chi connectivity index (χ3v) is 5.27. The maximum atomic E-state index is 12.4. The van der Waals surface area contributed by atoms with Gasteiger partial charge in [-0.05, 0) is 13.8 Å². The first-order chi connectivity index (χ1) is 9.70. The highest BCUT2D eigenvalue weighted by Gasteiger charge is 2.31. The fraction of sp³-hybridized carbons (Fsp3) is 0.615. The lowest BCUT2D eigenvalue weighted by Gasteiger charge is -2.36. The van der Waals surface area contributed by atoms with Crippen LogP contribution >= 0.6 is 0 Å². The molecule has 1 aliphatic rings. The molecule has 8 heteroatoms. The van der Waals surface area contributed by atoms with E-state index in [1.807, 2.05) is 4.90 Å². The Bertz CT molecular complexity index is 640. The summed E-state index contributed by atoms with van der Waals surface area (Å²) < 4.78 is 26.2. The van der Waals surface area contributed by atoms with E-state index < -0.39 is 21.1 Å². The lowest BCUT2D eigenvalue weighted by molar-refractivity contribution is 0.0263. The minimum Gasteiger partial charge on any atom is -0.389 e. The van der Waals surface area contributed by atoms with Gasteiger partial charge >= 0.3 is 0 Å². The van der Waals surface area contributed by atoms with Gasteiger partial charge in [0, 0.05) is 51.2 Å². The van der Waals surface area contributed by atoms with Crippen molar-refractivity contribution in [1.29, 1.82) is 0 Å². The summed E-state index contributed by atoms with van der Waals surface area (Å²) in [7, 11) is -3.76. The Kier molecular flexibility index (Phi) is 4.52. The first-order valence-corrected chi connectivity index (χ1v) is 8.26. The van der Waals surface area contributed by atoms with Gasteiger partial charge in [0.05, 0.1) is 5.60 Å². The van der Waals surface area contributed by atoms with Crippen LogP contribution in [-0.2, 0) is 10.0 Å². The van der Waals surface area contributed by atoms with E-state index in [1.165, 1.54) is 22.8 Å². The number of rotatable bonds is 4. The van der Waals surface area contributed by atoms with Crippen molar-refractivity contribution < 1.29 is 13.5 Å². The summed E-state index contributed by atoms with van der Waals surface area (Å²) in [6.45, 7) is 5.63. The number of piperazine rings is 1. The van der Waals surface area contributed by atoms with Crippen LogP contribution in [0.3, 0.4) is 0 Å². The molecular weight excluding hydrogens is 294 g/mol. The second-order valence-electron chi connectivity index (χ2n) is 5.87. The van der Waals surface area contributed by atoms with Gasteiger partial charge in [0.1, 0.15) is 4.90 Å². The Morgan fingerprint density at radius 2 is 1.90 bits per heavy atom. The molecule has 0 amide bonds. The number of β-amino-alcohol motifs (C(OH)–C–C–N with tert-alkyl or cyclic N) is 1. The number of H-pyrrole nitrogens is 1. The SMILES string of the molecule is CC(C)(O)CN1CCN(S(=O)(=O)c2c[nH]ccc2=O)CC1. The number of hydrogen-bond donors (Lipinski definition) is 2. The summed E-state index contributed by atoms with van der Waals surface area (Å²) >= 11 is 0. The molecule has 0 saturated carbocycles. The quantitative estimate of drug-likeness (QED) is 0.778. The number of nitrogens with one attached hydrogen (secondary N) is 1. The Hall–Kier alpha value is -1.22. The predicted molar refractivity (Wildman–Crippen MR) is 78.6 cm³/mol. The molecule has 118 valence electrons. The van der Waals surface area contributed by atoms with Crippen LogP contribution in [0.5, 0.6) is 0 Å². The largest absolute Gasteiger partial charge is 0.389 e. The van der Waals surface area contributed by atoms with E-state index >= 15 is 0 Å². The zero-order valence-corrected chi connectivity index (χ0v) is 13.1. The second kappa shape index (κ2) is 5.88. The Morgan fingerprint density at radius 3 is 2.43 bits per heavy atom. The lowest BCUT2D eigenvalue weighted by atomic mass is 10.1. The summed E-state index contributed by atoms with van der Waals surface area (Å²) in [6.07, 6.45) is 2.63. The number of aromatic nitrogens is 1. The van der Waals surface area contributed by atoms with Gasteiger partial charge in [-0.1, -0.05) is 0 Å². The highest BCUT2D eigenvalue weighted by Crippen LogP contribution is 2.15. The van der Waals surface area contributed by atoms with E-state index in [2.05, 4.69) is 4.98 Å². The molecule has 0 atom stereocenters. The molecule has 0 bridgehead atoms. The molecule has 0 spiro atoms. The molecule has 1 fully saturated rings. The maximum absolute atomic E-state index is 12.4. The third-order valence-electron chi connectivity index (χ3n) is 3.35. The van der Waals surface area contributed by atoms with Gasteiger partial charge in [-0.15, -0.1) is 0 Å². The van der Waals surface area contributed by atoms with Crippen LogP contribution in [0, 0.1) is 0 Å². The van der Waals surface area contributed by atoms with E-state index in [0.717, 1.165) is 0 Å². The van der Waals surface area contributed by atoms with Gasteiger partial charge in [0.25, 0.3) is 0 Å². The monoisotopic (exact) mass is 315 g/mol. The zero-order valence-electron chi connectivity index (χ0n) is 12.2. The van der Waals surface area contributed by atoms with Gasteiger partial charge in [0.2, 0.25) is 15.5 Å². The van der Waals surface area contributed by atoms with Crippen molar-refractivity contribution in [3.05, 3.63) is 28.7 Å². The zero-order chi connectivity index (χ0) is 15.7. The van der Waals surface area contributed by atoms with E-state index in [0.29, 0.717) is 32.7 Å². The first kappa shape index (κ1) is 16.2. The van der Waals surface area contributed by atoms with Crippen molar-refractivity contribution in [2.24, 2.45) is 0 Å². The lowest BCUT2D eigenvalue weighted by Crippen LogP contribution is -2.52. The molecule has 2 rings (SSSR count). The number of sulfonamides is 1. The van der Waals surface area contributed by atoms with Crippen molar-refractivity contribution in [3.63, 3.8) is 0 Å². The normalized spacial score (nSPS) is 18.8. The summed E-state index contributed by atoms with van der Waals surface area (Å²) in [5.74, 6) is 0. The maximum Gasteiger partial charge on any atom is 0.248 e. The van der Waals surface area contributed by atoms with E-state index in [4.69, 9.17) is 0 Å². The van der Waals surface area contributed by atoms with Crippen molar-refractivity contribution in [2.45, 2.75) is 24.3 Å². The van der Waals surface area contributed by atoms with Gasteiger partial charge in [0.15, 0.2) is 0 Å². The molecule has 2 N–H and O–H groups in total. The molecule has 0 aromatic carbocycles. The number of hydrogen-bond acceptors (Lipinski definition) is 5. The Morgan fingerprint density at radius 1 is 1.29 bits per heavy atom. The smallest absolute Gasteiger partial charge is 0.248 e. The molecule has 0 aliphatic carbocycles. The molecule has 0 unspecified atom stereocenters. The van der Waals surface area contributed by atoms with E-state index in [1.54, 1.807) is 13.8 Å². The highest BCUT2D eigenvalue weighted by atomic mass is 32.2. The fourth-order valence-electron chi connectivity index (χ4n) is 2.42. The van der Waals surface area contributed by atoms with Gasteiger partial charge in [-0.25, -0.2) is 8.42 Å². The average Bonchev–Trinajstić information content (AvgIpc) is 2.37. The summed E-state index contributed by atoms with van der Waals surface area (Å²) in [6, 6.07) is 1.21. The molecule has 1 aromatic rings. The van der Waals surface area contributed by atoms with Crippen LogP contribution < -0.4 is 5.43 Å². The molecule has 1 aliphatic heterocycles. The molecule has 2 heterocycles. The van der Waals surface area contributed by atoms with Gasteiger partial charge < -0.3 is 10.1 Å². The number of aromatic amines is 1. The van der Waals surface area contributed by atoms with Crippen molar-refractivity contribution in [1.82, 2.24) is 14.2 Å². The molecule has 21 heavy (non-hydrogen) atoms. The second-order valence-corrected chi connectivity index (χ2v) is 7.77. The van der Waals surface area contributed by atoms with Crippen LogP contribution in [0.2, 0.25) is 0 Å². The van der Waals surface area contributed by atoms with Gasteiger partial charge in [-0.2, -0.15) is 4.31 Å². The highest BCUT2D eigenvalue weighted by molar-refractivity contribution is 7.89. The van der Waals surface area contributed by atoms with Crippen molar-refractivity contribution in [3.8, 4) is 0 Å². The minimum atomic E-state index is -3.76. The van der Waals surface area contributed by atoms with E-state index in [9.17, 15) is 18.3 Å².